The molecule has 0 radical (unpaired) electrons. The number of rotatable bonds is 4. The van der Waals surface area contributed by atoms with Crippen LogP contribution in [0.3, 0.4) is 0 Å². The molecule has 0 saturated carbocycles. The number of hydrogen-bond acceptors (Lipinski definition) is 4. The minimum Gasteiger partial charge on any atom is -0.493 e. The third-order valence-electron chi connectivity index (χ3n) is 3.51. The van der Waals surface area contributed by atoms with Crippen molar-refractivity contribution in [1.29, 1.82) is 0 Å². The van der Waals surface area contributed by atoms with E-state index in [0.717, 1.165) is 11.1 Å². The normalized spacial score (nSPS) is 15.3. The van der Waals surface area contributed by atoms with Gasteiger partial charge in [-0.25, -0.2) is 4.79 Å². The van der Waals surface area contributed by atoms with Gasteiger partial charge in [0.25, 0.3) is 0 Å². The number of carbonyl (C=O) groups excluding carboxylic acids is 1. The van der Waals surface area contributed by atoms with Gasteiger partial charge in [0.15, 0.2) is 11.5 Å². The van der Waals surface area contributed by atoms with Gasteiger partial charge < -0.3 is 14.2 Å². The van der Waals surface area contributed by atoms with Crippen LogP contribution < -0.4 is 9.47 Å². The van der Waals surface area contributed by atoms with Gasteiger partial charge in [-0.1, -0.05) is 36.4 Å². The zero-order valence-corrected chi connectivity index (χ0v) is 12.9. The Kier molecular flexibility index (Phi) is 4.15. The SMILES string of the molecule is COc1ccc(/C=C2/C=C(c3ccccc3)OC2=O)cc1OC. The molecular weight excluding hydrogens is 292 g/mol. The smallest absolute Gasteiger partial charge is 0.343 e. The van der Waals surface area contributed by atoms with Crippen molar-refractivity contribution >= 4 is 17.8 Å². The maximum absolute atomic E-state index is 12.0. The summed E-state index contributed by atoms with van der Waals surface area (Å²) in [6.45, 7) is 0. The maximum atomic E-state index is 12.0. The molecule has 23 heavy (non-hydrogen) atoms. The average molecular weight is 308 g/mol. The Morgan fingerprint density at radius 1 is 0.957 bits per heavy atom. The molecule has 4 nitrogen and oxygen atoms in total. The Morgan fingerprint density at radius 3 is 2.39 bits per heavy atom. The molecule has 0 aliphatic carbocycles. The first-order chi connectivity index (χ1) is 11.2. The monoisotopic (exact) mass is 308 g/mol. The molecule has 1 aliphatic rings. The van der Waals surface area contributed by atoms with Gasteiger partial charge in [-0.15, -0.1) is 0 Å². The minimum atomic E-state index is -0.362. The molecule has 0 bridgehead atoms. The summed E-state index contributed by atoms with van der Waals surface area (Å²) in [6, 6.07) is 15.0. The van der Waals surface area contributed by atoms with Crippen LogP contribution in [0, 0.1) is 0 Å². The van der Waals surface area contributed by atoms with Gasteiger partial charge in [0.05, 0.1) is 19.8 Å². The molecule has 0 aromatic heterocycles. The van der Waals surface area contributed by atoms with E-state index in [4.69, 9.17) is 14.2 Å². The fourth-order valence-corrected chi connectivity index (χ4v) is 2.36. The zero-order chi connectivity index (χ0) is 16.2. The molecule has 0 fully saturated rings. The quantitative estimate of drug-likeness (QED) is 0.638. The van der Waals surface area contributed by atoms with Crippen molar-refractivity contribution < 1.29 is 19.0 Å². The van der Waals surface area contributed by atoms with Crippen molar-refractivity contribution in [1.82, 2.24) is 0 Å². The first-order valence-corrected chi connectivity index (χ1v) is 7.14. The van der Waals surface area contributed by atoms with E-state index in [2.05, 4.69) is 0 Å². The zero-order valence-electron chi connectivity index (χ0n) is 12.9. The van der Waals surface area contributed by atoms with E-state index in [9.17, 15) is 4.79 Å². The summed E-state index contributed by atoms with van der Waals surface area (Å²) in [4.78, 5) is 12.0. The van der Waals surface area contributed by atoms with Crippen LogP contribution in [0.4, 0.5) is 0 Å². The highest BCUT2D eigenvalue weighted by atomic mass is 16.5. The first-order valence-electron chi connectivity index (χ1n) is 7.14. The highest BCUT2D eigenvalue weighted by Gasteiger charge is 2.21. The van der Waals surface area contributed by atoms with Crippen molar-refractivity contribution in [2.75, 3.05) is 14.2 Å². The second-order valence-electron chi connectivity index (χ2n) is 4.98. The van der Waals surface area contributed by atoms with Crippen LogP contribution in [0.2, 0.25) is 0 Å². The van der Waals surface area contributed by atoms with Crippen molar-refractivity contribution in [2.45, 2.75) is 0 Å². The second-order valence-corrected chi connectivity index (χ2v) is 4.98. The van der Waals surface area contributed by atoms with E-state index < -0.39 is 0 Å². The summed E-state index contributed by atoms with van der Waals surface area (Å²) in [7, 11) is 3.16. The van der Waals surface area contributed by atoms with Crippen LogP contribution in [-0.4, -0.2) is 20.2 Å². The number of esters is 1. The number of methoxy groups -OCH3 is 2. The predicted octanol–water partition coefficient (Wildman–Crippen LogP) is 3.69. The molecule has 4 heteroatoms. The lowest BCUT2D eigenvalue weighted by Gasteiger charge is -2.07. The fourth-order valence-electron chi connectivity index (χ4n) is 2.36. The summed E-state index contributed by atoms with van der Waals surface area (Å²) in [5, 5.41) is 0. The topological polar surface area (TPSA) is 44.8 Å². The lowest BCUT2D eigenvalue weighted by Crippen LogP contribution is -1.97. The molecule has 0 unspecified atom stereocenters. The Morgan fingerprint density at radius 2 is 1.70 bits per heavy atom. The van der Waals surface area contributed by atoms with Crippen LogP contribution in [0.5, 0.6) is 11.5 Å². The molecule has 1 aliphatic heterocycles. The molecule has 3 rings (SSSR count). The van der Waals surface area contributed by atoms with E-state index in [1.807, 2.05) is 42.5 Å². The van der Waals surface area contributed by atoms with Gasteiger partial charge in [-0.2, -0.15) is 0 Å². The van der Waals surface area contributed by atoms with E-state index in [0.29, 0.717) is 22.8 Å². The predicted molar refractivity (Wildman–Crippen MR) is 88.0 cm³/mol. The van der Waals surface area contributed by atoms with Crippen LogP contribution in [0.1, 0.15) is 11.1 Å². The van der Waals surface area contributed by atoms with Gasteiger partial charge in [-0.05, 0) is 29.8 Å². The van der Waals surface area contributed by atoms with Gasteiger partial charge in [0.2, 0.25) is 0 Å². The third-order valence-corrected chi connectivity index (χ3v) is 3.51. The molecule has 0 spiro atoms. The molecule has 0 amide bonds. The minimum absolute atomic E-state index is 0.362. The second kappa shape index (κ2) is 6.40. The van der Waals surface area contributed by atoms with E-state index in [1.54, 1.807) is 32.4 Å². The van der Waals surface area contributed by atoms with Crippen LogP contribution in [-0.2, 0) is 9.53 Å². The largest absolute Gasteiger partial charge is 0.493 e. The summed E-state index contributed by atoms with van der Waals surface area (Å²) >= 11 is 0. The number of carbonyl (C=O) groups is 1. The Balaban J connectivity index is 1.93. The van der Waals surface area contributed by atoms with E-state index in [1.165, 1.54) is 0 Å². The van der Waals surface area contributed by atoms with Gasteiger partial charge in [0.1, 0.15) is 5.76 Å². The van der Waals surface area contributed by atoms with Crippen LogP contribution >= 0.6 is 0 Å². The maximum Gasteiger partial charge on any atom is 0.343 e. The van der Waals surface area contributed by atoms with Crippen molar-refractivity contribution in [3.8, 4) is 11.5 Å². The standard InChI is InChI=1S/C19H16O4/c1-21-16-9-8-13(11-18(16)22-2)10-15-12-17(23-19(15)20)14-6-4-3-5-7-14/h3-12H,1-2H3/b15-10-. The lowest BCUT2D eigenvalue weighted by atomic mass is 10.1. The van der Waals surface area contributed by atoms with Crippen molar-refractivity contribution in [3.63, 3.8) is 0 Å². The summed E-state index contributed by atoms with van der Waals surface area (Å²) in [5.74, 6) is 1.45. The van der Waals surface area contributed by atoms with Gasteiger partial charge in [0, 0.05) is 5.56 Å². The molecule has 0 N–H and O–H groups in total. The van der Waals surface area contributed by atoms with E-state index in [-0.39, 0.29) is 5.97 Å². The Labute approximate surface area is 134 Å². The molecule has 116 valence electrons. The molecular formula is C19H16O4. The fraction of sp³-hybridized carbons (Fsp3) is 0.105. The average Bonchev–Trinajstić information content (AvgIpc) is 2.96. The lowest BCUT2D eigenvalue weighted by molar-refractivity contribution is -0.130. The Hall–Kier alpha value is -3.01. The van der Waals surface area contributed by atoms with Crippen LogP contribution in [0.25, 0.3) is 11.8 Å². The molecule has 2 aromatic rings. The highest BCUT2D eigenvalue weighted by molar-refractivity contribution is 6.05. The number of cyclic esters (lactones) is 1. The van der Waals surface area contributed by atoms with E-state index >= 15 is 0 Å². The van der Waals surface area contributed by atoms with Crippen molar-refractivity contribution in [3.05, 3.63) is 71.3 Å². The Bertz CT molecular complexity index is 788. The number of ether oxygens (including phenoxy) is 3. The molecule has 0 atom stereocenters. The number of hydrogen-bond donors (Lipinski definition) is 0. The van der Waals surface area contributed by atoms with Crippen LogP contribution in [0.15, 0.2) is 60.2 Å². The van der Waals surface area contributed by atoms with Gasteiger partial charge in [-0.3, -0.25) is 0 Å². The molecule has 1 heterocycles. The van der Waals surface area contributed by atoms with Crippen molar-refractivity contribution in [2.24, 2.45) is 0 Å². The third kappa shape index (κ3) is 3.11. The summed E-state index contributed by atoms with van der Waals surface area (Å²) in [6.07, 6.45) is 3.51. The number of benzene rings is 2. The summed E-state index contributed by atoms with van der Waals surface area (Å²) in [5.41, 5.74) is 2.20. The summed E-state index contributed by atoms with van der Waals surface area (Å²) < 4.78 is 15.8. The molecule has 2 aromatic carbocycles. The van der Waals surface area contributed by atoms with Gasteiger partial charge >= 0.3 is 5.97 Å². The first kappa shape index (κ1) is 14.9. The highest BCUT2D eigenvalue weighted by Crippen LogP contribution is 2.31. The molecule has 0 saturated heterocycles.